The van der Waals surface area contributed by atoms with Gasteiger partial charge in [-0.05, 0) is 30.2 Å². The quantitative estimate of drug-likeness (QED) is 0.492. The first kappa shape index (κ1) is 18.9. The van der Waals surface area contributed by atoms with Gasteiger partial charge in [0.15, 0.2) is 0 Å². The van der Waals surface area contributed by atoms with Crippen molar-refractivity contribution in [3.8, 4) is 0 Å². The summed E-state index contributed by atoms with van der Waals surface area (Å²) in [5.74, 6) is -0.524. The van der Waals surface area contributed by atoms with Gasteiger partial charge in [0.2, 0.25) is 5.49 Å². The predicted octanol–water partition coefficient (Wildman–Crippen LogP) is 1.50. The number of aromatic amines is 1. The van der Waals surface area contributed by atoms with E-state index >= 15 is 0 Å². The number of aromatic nitrogens is 3. The third-order valence-corrected chi connectivity index (χ3v) is 5.64. The van der Waals surface area contributed by atoms with Crippen molar-refractivity contribution in [3.63, 3.8) is 0 Å². The Hall–Kier alpha value is -2.39. The maximum atomic E-state index is 10.8. The highest BCUT2D eigenvalue weighted by atomic mass is 35.5. The molecule has 28 heavy (non-hydrogen) atoms. The van der Waals surface area contributed by atoms with Crippen LogP contribution in [0.4, 0.5) is 0 Å². The van der Waals surface area contributed by atoms with Crippen LogP contribution in [0.15, 0.2) is 48.0 Å². The molecule has 2 heterocycles. The molecule has 148 valence electrons. The Morgan fingerprint density at radius 2 is 2.00 bits per heavy atom. The van der Waals surface area contributed by atoms with Crippen molar-refractivity contribution in [2.75, 3.05) is 7.11 Å². The van der Waals surface area contributed by atoms with Gasteiger partial charge >= 0.3 is 0 Å². The summed E-state index contributed by atoms with van der Waals surface area (Å²) in [6, 6.07) is 8.23. The molecule has 3 aromatic rings. The zero-order valence-electron chi connectivity index (χ0n) is 15.1. The van der Waals surface area contributed by atoms with Crippen LogP contribution in [0.3, 0.4) is 0 Å². The lowest BCUT2D eigenvalue weighted by Crippen LogP contribution is -2.31. The highest BCUT2D eigenvalue weighted by Gasteiger charge is 2.46. The molecule has 0 radical (unpaired) electrons. The average Bonchev–Trinajstić information content (AvgIpc) is 3.25. The van der Waals surface area contributed by atoms with E-state index in [1.54, 1.807) is 30.5 Å². The maximum Gasteiger partial charge on any atom is 0.203 e. The first-order chi connectivity index (χ1) is 13.5. The van der Waals surface area contributed by atoms with Crippen LogP contribution in [0.2, 0.25) is 5.02 Å². The van der Waals surface area contributed by atoms with Gasteiger partial charge in [-0.1, -0.05) is 28.9 Å². The summed E-state index contributed by atoms with van der Waals surface area (Å²) < 4.78 is 1.84. The van der Waals surface area contributed by atoms with Crippen LogP contribution in [-0.4, -0.2) is 49.2 Å². The molecule has 1 aliphatic rings. The molecule has 0 saturated heterocycles. The van der Waals surface area contributed by atoms with Crippen molar-refractivity contribution in [1.29, 1.82) is 0 Å². The van der Waals surface area contributed by atoms with Crippen LogP contribution < -0.4 is 5.49 Å². The van der Waals surface area contributed by atoms with Crippen molar-refractivity contribution in [3.05, 3.63) is 58.9 Å². The van der Waals surface area contributed by atoms with Crippen LogP contribution in [0.1, 0.15) is 24.1 Å². The fraction of sp³-hybridized carbons (Fsp3) is 0.368. The Morgan fingerprint density at radius 3 is 2.71 bits per heavy atom. The second-order valence-electron chi connectivity index (χ2n) is 6.93. The van der Waals surface area contributed by atoms with Crippen molar-refractivity contribution in [1.82, 2.24) is 14.5 Å². The van der Waals surface area contributed by atoms with Gasteiger partial charge in [-0.3, -0.25) is 0 Å². The zero-order valence-corrected chi connectivity index (χ0v) is 15.9. The number of benzene rings is 1. The van der Waals surface area contributed by atoms with Crippen molar-refractivity contribution < 1.29 is 20.2 Å². The summed E-state index contributed by atoms with van der Waals surface area (Å²) in [6.07, 6.45) is 0.662. The van der Waals surface area contributed by atoms with Gasteiger partial charge in [-0.2, -0.15) is 0 Å². The molecule has 8 nitrogen and oxygen atoms in total. The molecule has 4 rings (SSSR count). The summed E-state index contributed by atoms with van der Waals surface area (Å²) >= 11 is 5.91. The molecule has 0 aliphatic heterocycles. The van der Waals surface area contributed by atoms with E-state index in [0.717, 1.165) is 5.39 Å². The first-order valence-corrected chi connectivity index (χ1v) is 9.30. The van der Waals surface area contributed by atoms with E-state index < -0.39 is 30.3 Å². The van der Waals surface area contributed by atoms with E-state index in [1.165, 1.54) is 13.4 Å². The van der Waals surface area contributed by atoms with Crippen LogP contribution in [0.25, 0.3) is 11.0 Å². The lowest BCUT2D eigenvalue weighted by atomic mass is 9.92. The Labute approximate surface area is 165 Å². The summed E-state index contributed by atoms with van der Waals surface area (Å²) in [5, 5.41) is 37.3. The zero-order chi connectivity index (χ0) is 19.8. The van der Waals surface area contributed by atoms with Gasteiger partial charge in [0, 0.05) is 17.1 Å². The van der Waals surface area contributed by atoms with Gasteiger partial charge in [-0.25, -0.2) is 4.98 Å². The van der Waals surface area contributed by atoms with E-state index in [1.807, 2.05) is 10.6 Å². The average molecular weight is 405 g/mol. The number of aliphatic hydroxyl groups is 3. The topological polar surface area (TPSA) is 116 Å². The summed E-state index contributed by atoms with van der Waals surface area (Å²) in [5.41, 5.74) is 1.76. The lowest BCUT2D eigenvalue weighted by molar-refractivity contribution is -0.0264. The molecule has 4 N–H and O–H groups in total. The maximum absolute atomic E-state index is 10.8. The number of fused-ring (bicyclic) bond motifs is 1. The molecule has 1 aromatic carbocycles. The van der Waals surface area contributed by atoms with Crippen LogP contribution in [0.5, 0.6) is 0 Å². The minimum atomic E-state index is -1.07. The number of H-pyrrole nitrogens is 1. The van der Waals surface area contributed by atoms with Crippen LogP contribution in [0, 0.1) is 5.92 Å². The van der Waals surface area contributed by atoms with E-state index in [2.05, 4.69) is 15.1 Å². The number of aliphatic hydroxyl groups excluding tert-OH is 3. The molecular weight excluding hydrogens is 384 g/mol. The fourth-order valence-corrected chi connectivity index (χ4v) is 4.11. The van der Waals surface area contributed by atoms with E-state index in [9.17, 15) is 15.3 Å². The molecule has 1 saturated carbocycles. The molecule has 0 bridgehead atoms. The SMILES string of the molecule is CO/N=c1/nc[nH]c2c1ccn2[C@@H]1C[C@H]([C@H](O)c2ccc(Cl)cc2)[C@@H](O)[C@H]1O. The molecule has 0 amide bonds. The minimum absolute atomic E-state index is 0.392. The number of hydrogen-bond acceptors (Lipinski definition) is 6. The molecule has 0 spiro atoms. The molecule has 9 heteroatoms. The second kappa shape index (κ2) is 7.56. The van der Waals surface area contributed by atoms with E-state index in [4.69, 9.17) is 16.4 Å². The summed E-state index contributed by atoms with van der Waals surface area (Å²) in [4.78, 5) is 12.0. The third kappa shape index (κ3) is 3.18. The number of nitrogens with one attached hydrogen (secondary N) is 1. The summed E-state index contributed by atoms with van der Waals surface area (Å²) in [6.45, 7) is 0. The smallest absolute Gasteiger partial charge is 0.203 e. The molecule has 5 atom stereocenters. The number of nitrogens with zero attached hydrogens (tertiary/aromatic N) is 3. The highest BCUT2D eigenvalue weighted by molar-refractivity contribution is 6.30. The molecular formula is C19H21ClN4O4. The summed E-state index contributed by atoms with van der Waals surface area (Å²) in [7, 11) is 1.45. The third-order valence-electron chi connectivity index (χ3n) is 5.39. The van der Waals surface area contributed by atoms with Gasteiger partial charge in [-0.15, -0.1) is 0 Å². The fourth-order valence-electron chi connectivity index (χ4n) is 3.98. The molecule has 0 unspecified atom stereocenters. The van der Waals surface area contributed by atoms with Gasteiger partial charge < -0.3 is 29.7 Å². The van der Waals surface area contributed by atoms with Gasteiger partial charge in [0.1, 0.15) is 18.9 Å². The second-order valence-corrected chi connectivity index (χ2v) is 7.37. The molecule has 1 fully saturated rings. The Balaban J connectivity index is 1.67. The predicted molar refractivity (Wildman–Crippen MR) is 102 cm³/mol. The highest BCUT2D eigenvalue weighted by Crippen LogP contribution is 2.42. The largest absolute Gasteiger partial charge is 0.397 e. The molecule has 1 aliphatic carbocycles. The Kier molecular flexibility index (Phi) is 5.11. The van der Waals surface area contributed by atoms with E-state index in [-0.39, 0.29) is 0 Å². The Morgan fingerprint density at radius 1 is 1.25 bits per heavy atom. The normalized spacial score (nSPS) is 26.7. The van der Waals surface area contributed by atoms with Gasteiger partial charge in [0.05, 0.1) is 30.0 Å². The number of hydrogen-bond donors (Lipinski definition) is 4. The van der Waals surface area contributed by atoms with Crippen LogP contribution >= 0.6 is 11.6 Å². The van der Waals surface area contributed by atoms with Crippen molar-refractivity contribution in [2.45, 2.75) is 30.8 Å². The first-order valence-electron chi connectivity index (χ1n) is 8.92. The van der Waals surface area contributed by atoms with Crippen LogP contribution in [-0.2, 0) is 4.84 Å². The standard InChI is InChI=1S/C19H21ClN4O4/c1-28-23-18-12-6-7-24(19(12)22-9-21-18)14-8-13(16(26)17(14)27)15(25)10-2-4-11(20)5-3-10/h2-7,9,13-17,25-27H,8H2,1H3,(H,21,22,23)/t13-,14-,15-,16-,17+/m1/s1. The van der Waals surface area contributed by atoms with E-state index in [0.29, 0.717) is 28.1 Å². The van der Waals surface area contributed by atoms with Crippen molar-refractivity contribution in [2.24, 2.45) is 11.1 Å². The monoisotopic (exact) mass is 404 g/mol. The number of halogens is 1. The number of rotatable bonds is 4. The Bertz CT molecular complexity index is 1030. The lowest BCUT2D eigenvalue weighted by Gasteiger charge is -2.22. The minimum Gasteiger partial charge on any atom is -0.397 e. The van der Waals surface area contributed by atoms with Crippen molar-refractivity contribution >= 4 is 22.6 Å². The molecule has 2 aromatic heterocycles. The van der Waals surface area contributed by atoms with Gasteiger partial charge in [0.25, 0.3) is 0 Å².